The van der Waals surface area contributed by atoms with Crippen LogP contribution in [0.15, 0.2) is 18.2 Å². The molecule has 1 atom stereocenters. The smallest absolute Gasteiger partial charge is 0.119 e. The number of benzene rings is 1. The standard InChI is InChI=1S/C18H29NO/c1-5-11-19-17-9-6-14-13-15(7-8-16(14)17)20-12-10-18(2,3)4/h7-8,13,17,19H,5-6,9-12H2,1-4H3. The van der Waals surface area contributed by atoms with Gasteiger partial charge in [0.2, 0.25) is 0 Å². The maximum Gasteiger partial charge on any atom is 0.119 e. The molecule has 2 rings (SSSR count). The minimum absolute atomic E-state index is 0.339. The summed E-state index contributed by atoms with van der Waals surface area (Å²) in [5, 5.41) is 3.63. The number of ether oxygens (including phenoxy) is 1. The van der Waals surface area contributed by atoms with Crippen LogP contribution in [0.3, 0.4) is 0 Å². The van der Waals surface area contributed by atoms with E-state index in [1.54, 1.807) is 0 Å². The molecule has 0 amide bonds. The van der Waals surface area contributed by atoms with E-state index in [0.29, 0.717) is 11.5 Å². The zero-order valence-electron chi connectivity index (χ0n) is 13.5. The largest absolute Gasteiger partial charge is 0.494 e. The molecule has 0 bridgehead atoms. The molecular formula is C18H29NO. The molecule has 1 aliphatic carbocycles. The van der Waals surface area contributed by atoms with Crippen molar-refractivity contribution in [1.29, 1.82) is 0 Å². The summed E-state index contributed by atoms with van der Waals surface area (Å²) in [6.07, 6.45) is 4.68. The first-order valence-electron chi connectivity index (χ1n) is 7.98. The molecule has 2 nitrogen and oxygen atoms in total. The van der Waals surface area contributed by atoms with E-state index in [1.165, 1.54) is 30.4 Å². The topological polar surface area (TPSA) is 21.3 Å². The quantitative estimate of drug-likeness (QED) is 0.826. The summed E-state index contributed by atoms with van der Waals surface area (Å²) in [5.41, 5.74) is 3.28. The zero-order chi connectivity index (χ0) is 14.6. The fourth-order valence-electron chi connectivity index (χ4n) is 2.69. The van der Waals surface area contributed by atoms with Crippen molar-refractivity contribution in [3.8, 4) is 5.75 Å². The molecule has 20 heavy (non-hydrogen) atoms. The number of nitrogens with one attached hydrogen (secondary N) is 1. The molecule has 1 aromatic carbocycles. The van der Waals surface area contributed by atoms with Gasteiger partial charge in [0.05, 0.1) is 6.61 Å². The number of rotatable bonds is 6. The lowest BCUT2D eigenvalue weighted by Gasteiger charge is -2.18. The van der Waals surface area contributed by atoms with Crippen LogP contribution < -0.4 is 10.1 Å². The van der Waals surface area contributed by atoms with E-state index < -0.39 is 0 Å². The third kappa shape index (κ3) is 4.24. The van der Waals surface area contributed by atoms with Gasteiger partial charge in [0, 0.05) is 6.04 Å². The molecule has 0 spiro atoms. The zero-order valence-corrected chi connectivity index (χ0v) is 13.5. The fraction of sp³-hybridized carbons (Fsp3) is 0.667. The molecule has 0 aliphatic heterocycles. The molecule has 0 saturated heterocycles. The summed E-state index contributed by atoms with van der Waals surface area (Å²) in [7, 11) is 0. The molecule has 1 aromatic rings. The van der Waals surface area contributed by atoms with Crippen molar-refractivity contribution in [3.05, 3.63) is 29.3 Å². The third-order valence-corrected chi connectivity index (χ3v) is 3.95. The Morgan fingerprint density at radius 1 is 1.30 bits per heavy atom. The molecule has 1 aliphatic rings. The molecule has 2 heteroatoms. The number of fused-ring (bicyclic) bond motifs is 1. The third-order valence-electron chi connectivity index (χ3n) is 3.95. The van der Waals surface area contributed by atoms with Crippen molar-refractivity contribution < 1.29 is 4.74 Å². The molecule has 1 unspecified atom stereocenters. The minimum Gasteiger partial charge on any atom is -0.494 e. The molecule has 112 valence electrons. The highest BCUT2D eigenvalue weighted by Gasteiger charge is 2.22. The monoisotopic (exact) mass is 275 g/mol. The predicted molar refractivity (Wildman–Crippen MR) is 85.4 cm³/mol. The van der Waals surface area contributed by atoms with Gasteiger partial charge in [-0.3, -0.25) is 0 Å². The average molecular weight is 275 g/mol. The van der Waals surface area contributed by atoms with E-state index in [-0.39, 0.29) is 0 Å². The number of hydrogen-bond acceptors (Lipinski definition) is 2. The van der Waals surface area contributed by atoms with Gasteiger partial charge in [0.15, 0.2) is 0 Å². The van der Waals surface area contributed by atoms with Crippen LogP contribution in [0, 0.1) is 5.41 Å². The summed E-state index contributed by atoms with van der Waals surface area (Å²) in [4.78, 5) is 0. The van der Waals surface area contributed by atoms with Gasteiger partial charge < -0.3 is 10.1 Å². The first kappa shape index (κ1) is 15.4. The van der Waals surface area contributed by atoms with Gasteiger partial charge >= 0.3 is 0 Å². The average Bonchev–Trinajstić information content (AvgIpc) is 2.77. The highest BCUT2D eigenvalue weighted by atomic mass is 16.5. The van der Waals surface area contributed by atoms with E-state index in [4.69, 9.17) is 4.74 Å². The van der Waals surface area contributed by atoms with Gasteiger partial charge in [0.25, 0.3) is 0 Å². The Balaban J connectivity index is 1.92. The molecule has 1 N–H and O–H groups in total. The van der Waals surface area contributed by atoms with E-state index >= 15 is 0 Å². The van der Waals surface area contributed by atoms with Crippen LogP contribution in [0.1, 0.15) is 64.1 Å². The van der Waals surface area contributed by atoms with Gasteiger partial charge in [-0.1, -0.05) is 33.8 Å². The maximum absolute atomic E-state index is 5.90. The second kappa shape index (κ2) is 6.62. The molecule has 0 radical (unpaired) electrons. The SMILES string of the molecule is CCCNC1CCc2cc(OCCC(C)(C)C)ccc21. The second-order valence-electron chi connectivity index (χ2n) is 7.07. The van der Waals surface area contributed by atoms with Crippen molar-refractivity contribution in [2.24, 2.45) is 5.41 Å². The van der Waals surface area contributed by atoms with E-state index in [0.717, 1.165) is 25.3 Å². The Labute approximate surface area is 123 Å². The van der Waals surface area contributed by atoms with Crippen LogP contribution in [-0.2, 0) is 6.42 Å². The summed E-state index contributed by atoms with van der Waals surface area (Å²) < 4.78 is 5.90. The number of aryl methyl sites for hydroxylation is 1. The maximum atomic E-state index is 5.90. The summed E-state index contributed by atoms with van der Waals surface area (Å²) in [5.74, 6) is 1.03. The van der Waals surface area contributed by atoms with Gasteiger partial charge in [0.1, 0.15) is 5.75 Å². The van der Waals surface area contributed by atoms with Crippen molar-refractivity contribution in [2.45, 2.75) is 59.4 Å². The lowest BCUT2D eigenvalue weighted by Crippen LogP contribution is -2.19. The lowest BCUT2D eigenvalue weighted by molar-refractivity contribution is 0.243. The van der Waals surface area contributed by atoms with Gasteiger partial charge in [-0.2, -0.15) is 0 Å². The first-order chi connectivity index (χ1) is 9.49. The first-order valence-corrected chi connectivity index (χ1v) is 7.98. The van der Waals surface area contributed by atoms with Gasteiger partial charge in [-0.15, -0.1) is 0 Å². The second-order valence-corrected chi connectivity index (χ2v) is 7.07. The van der Waals surface area contributed by atoms with Crippen LogP contribution in [0.2, 0.25) is 0 Å². The highest BCUT2D eigenvalue weighted by Crippen LogP contribution is 2.33. The van der Waals surface area contributed by atoms with Crippen LogP contribution in [-0.4, -0.2) is 13.2 Å². The van der Waals surface area contributed by atoms with Gasteiger partial charge in [-0.25, -0.2) is 0 Å². The minimum atomic E-state index is 0.339. The summed E-state index contributed by atoms with van der Waals surface area (Å²) >= 11 is 0. The summed E-state index contributed by atoms with van der Waals surface area (Å²) in [6.45, 7) is 10.9. The Morgan fingerprint density at radius 2 is 2.10 bits per heavy atom. The normalized spacial score (nSPS) is 18.1. The van der Waals surface area contributed by atoms with Crippen molar-refractivity contribution >= 4 is 0 Å². The number of hydrogen-bond donors (Lipinski definition) is 1. The van der Waals surface area contributed by atoms with E-state index in [2.05, 4.69) is 51.2 Å². The van der Waals surface area contributed by atoms with Crippen molar-refractivity contribution in [2.75, 3.05) is 13.2 Å². The Hall–Kier alpha value is -1.02. The van der Waals surface area contributed by atoms with Gasteiger partial charge in [-0.05, 0) is 60.9 Å². The lowest BCUT2D eigenvalue weighted by atomic mass is 9.93. The Morgan fingerprint density at radius 3 is 2.80 bits per heavy atom. The van der Waals surface area contributed by atoms with E-state index in [9.17, 15) is 0 Å². The highest BCUT2D eigenvalue weighted by molar-refractivity contribution is 5.40. The van der Waals surface area contributed by atoms with Crippen LogP contribution in [0.4, 0.5) is 0 Å². The Bertz CT molecular complexity index is 434. The van der Waals surface area contributed by atoms with Crippen LogP contribution >= 0.6 is 0 Å². The van der Waals surface area contributed by atoms with E-state index in [1.807, 2.05) is 0 Å². The van der Waals surface area contributed by atoms with Crippen LogP contribution in [0.5, 0.6) is 5.75 Å². The molecule has 0 aromatic heterocycles. The van der Waals surface area contributed by atoms with Crippen molar-refractivity contribution in [1.82, 2.24) is 5.32 Å². The van der Waals surface area contributed by atoms with Crippen LogP contribution in [0.25, 0.3) is 0 Å². The van der Waals surface area contributed by atoms with Crippen molar-refractivity contribution in [3.63, 3.8) is 0 Å². The molecule has 0 fully saturated rings. The molecular weight excluding hydrogens is 246 g/mol. The Kier molecular flexibility index (Phi) is 5.09. The summed E-state index contributed by atoms with van der Waals surface area (Å²) in [6, 6.07) is 7.18. The molecule has 0 saturated carbocycles. The predicted octanol–water partition coefficient (Wildman–Crippen LogP) is 4.49. The fourth-order valence-corrected chi connectivity index (χ4v) is 2.69. The molecule has 0 heterocycles.